The van der Waals surface area contributed by atoms with E-state index < -0.39 is 0 Å². The Kier molecular flexibility index (Phi) is 5.23. The summed E-state index contributed by atoms with van der Waals surface area (Å²) in [6, 6.07) is 0. The first-order valence-electron chi connectivity index (χ1n) is 6.71. The van der Waals surface area contributed by atoms with Gasteiger partial charge in [0.05, 0.1) is 0 Å². The fourth-order valence-corrected chi connectivity index (χ4v) is 3.10. The SMILES string of the molecule is C=C(C)CCC1CC(C)CC(C)C1OC(C)=O. The number of esters is 1. The van der Waals surface area contributed by atoms with E-state index in [1.54, 1.807) is 0 Å². The lowest BCUT2D eigenvalue weighted by atomic mass is 9.72. The van der Waals surface area contributed by atoms with Crippen LogP contribution in [0.25, 0.3) is 0 Å². The summed E-state index contributed by atoms with van der Waals surface area (Å²) >= 11 is 0. The number of hydrogen-bond acceptors (Lipinski definition) is 2. The second-order valence-electron chi connectivity index (χ2n) is 5.88. The zero-order chi connectivity index (χ0) is 13.0. The summed E-state index contributed by atoms with van der Waals surface area (Å²) in [4.78, 5) is 11.2. The molecule has 1 aliphatic carbocycles. The minimum absolute atomic E-state index is 0.114. The first-order valence-corrected chi connectivity index (χ1v) is 6.71. The summed E-state index contributed by atoms with van der Waals surface area (Å²) in [7, 11) is 0. The monoisotopic (exact) mass is 238 g/mol. The molecule has 4 atom stereocenters. The van der Waals surface area contributed by atoms with Crippen LogP contribution in [0.1, 0.15) is 53.4 Å². The topological polar surface area (TPSA) is 26.3 Å². The van der Waals surface area contributed by atoms with Crippen LogP contribution in [0.3, 0.4) is 0 Å². The molecule has 0 aromatic rings. The number of carbonyl (C=O) groups excluding carboxylic acids is 1. The van der Waals surface area contributed by atoms with E-state index in [-0.39, 0.29) is 12.1 Å². The van der Waals surface area contributed by atoms with Crippen molar-refractivity contribution in [3.63, 3.8) is 0 Å². The molecule has 0 aliphatic heterocycles. The van der Waals surface area contributed by atoms with Crippen molar-refractivity contribution in [2.24, 2.45) is 17.8 Å². The molecule has 0 heterocycles. The fourth-order valence-electron chi connectivity index (χ4n) is 3.10. The molecular weight excluding hydrogens is 212 g/mol. The fraction of sp³-hybridized carbons (Fsp3) is 0.800. The Morgan fingerprint density at radius 1 is 1.29 bits per heavy atom. The van der Waals surface area contributed by atoms with E-state index >= 15 is 0 Å². The average molecular weight is 238 g/mol. The van der Waals surface area contributed by atoms with Crippen molar-refractivity contribution >= 4 is 5.97 Å². The molecule has 1 fully saturated rings. The van der Waals surface area contributed by atoms with E-state index in [0.717, 1.165) is 18.8 Å². The maximum Gasteiger partial charge on any atom is 0.302 e. The van der Waals surface area contributed by atoms with Crippen LogP contribution in [-0.4, -0.2) is 12.1 Å². The molecule has 0 radical (unpaired) electrons. The molecule has 0 N–H and O–H groups in total. The van der Waals surface area contributed by atoms with Gasteiger partial charge in [-0.15, -0.1) is 6.58 Å². The average Bonchev–Trinajstić information content (AvgIpc) is 2.18. The predicted molar refractivity (Wildman–Crippen MR) is 70.7 cm³/mol. The molecule has 1 aliphatic rings. The van der Waals surface area contributed by atoms with E-state index in [9.17, 15) is 4.79 Å². The second kappa shape index (κ2) is 6.23. The van der Waals surface area contributed by atoms with Gasteiger partial charge in [0, 0.05) is 6.92 Å². The second-order valence-corrected chi connectivity index (χ2v) is 5.88. The molecule has 0 saturated heterocycles. The van der Waals surface area contributed by atoms with Gasteiger partial charge in [0.25, 0.3) is 0 Å². The lowest BCUT2D eigenvalue weighted by molar-refractivity contribution is -0.155. The normalized spacial score (nSPS) is 33.2. The zero-order valence-corrected chi connectivity index (χ0v) is 11.7. The van der Waals surface area contributed by atoms with Gasteiger partial charge in [-0.2, -0.15) is 0 Å². The van der Waals surface area contributed by atoms with Crippen LogP contribution >= 0.6 is 0 Å². The highest BCUT2D eigenvalue weighted by Crippen LogP contribution is 2.38. The third kappa shape index (κ3) is 4.53. The van der Waals surface area contributed by atoms with Crippen molar-refractivity contribution in [3.8, 4) is 0 Å². The Balaban J connectivity index is 2.64. The molecule has 0 aromatic heterocycles. The molecule has 0 aromatic carbocycles. The highest BCUT2D eigenvalue weighted by Gasteiger charge is 2.35. The molecule has 98 valence electrons. The molecule has 1 rings (SSSR count). The molecule has 2 nitrogen and oxygen atoms in total. The van der Waals surface area contributed by atoms with Gasteiger partial charge in [-0.25, -0.2) is 0 Å². The Morgan fingerprint density at radius 3 is 2.47 bits per heavy atom. The molecular formula is C15H26O2. The van der Waals surface area contributed by atoms with Crippen molar-refractivity contribution in [2.75, 3.05) is 0 Å². The Morgan fingerprint density at radius 2 is 1.94 bits per heavy atom. The molecule has 0 bridgehead atoms. The Bertz CT molecular complexity index is 283. The van der Waals surface area contributed by atoms with Crippen molar-refractivity contribution in [2.45, 2.75) is 59.5 Å². The van der Waals surface area contributed by atoms with Crippen LogP contribution in [0.15, 0.2) is 12.2 Å². The third-order valence-electron chi connectivity index (χ3n) is 3.75. The van der Waals surface area contributed by atoms with Crippen molar-refractivity contribution in [3.05, 3.63) is 12.2 Å². The van der Waals surface area contributed by atoms with Gasteiger partial charge in [0.1, 0.15) is 6.10 Å². The van der Waals surface area contributed by atoms with Crippen LogP contribution in [0.2, 0.25) is 0 Å². The van der Waals surface area contributed by atoms with Crippen molar-refractivity contribution in [1.82, 2.24) is 0 Å². The maximum atomic E-state index is 11.2. The van der Waals surface area contributed by atoms with Crippen LogP contribution in [-0.2, 0) is 9.53 Å². The molecule has 0 spiro atoms. The minimum Gasteiger partial charge on any atom is -0.462 e. The number of hydrogen-bond donors (Lipinski definition) is 0. The predicted octanol–water partition coefficient (Wildman–Crippen LogP) is 3.96. The smallest absolute Gasteiger partial charge is 0.302 e. The van der Waals surface area contributed by atoms with Crippen LogP contribution in [0.5, 0.6) is 0 Å². The van der Waals surface area contributed by atoms with Gasteiger partial charge in [-0.05, 0) is 50.4 Å². The summed E-state index contributed by atoms with van der Waals surface area (Å²) in [6.07, 6.45) is 4.60. The largest absolute Gasteiger partial charge is 0.462 e. The maximum absolute atomic E-state index is 11.2. The van der Waals surface area contributed by atoms with Gasteiger partial charge in [0.2, 0.25) is 0 Å². The highest BCUT2D eigenvalue weighted by atomic mass is 16.5. The summed E-state index contributed by atoms with van der Waals surface area (Å²) in [5, 5.41) is 0. The lowest BCUT2D eigenvalue weighted by Crippen LogP contribution is -2.38. The lowest BCUT2D eigenvalue weighted by Gasteiger charge is -2.39. The Hall–Kier alpha value is -0.790. The molecule has 2 heteroatoms. The van der Waals surface area contributed by atoms with Crippen LogP contribution < -0.4 is 0 Å². The summed E-state index contributed by atoms with van der Waals surface area (Å²) < 4.78 is 5.53. The van der Waals surface area contributed by atoms with E-state index in [4.69, 9.17) is 4.74 Å². The first kappa shape index (κ1) is 14.3. The van der Waals surface area contributed by atoms with Crippen molar-refractivity contribution in [1.29, 1.82) is 0 Å². The van der Waals surface area contributed by atoms with E-state index in [2.05, 4.69) is 27.4 Å². The van der Waals surface area contributed by atoms with Gasteiger partial charge in [-0.3, -0.25) is 4.79 Å². The molecule has 1 saturated carbocycles. The Labute approximate surface area is 105 Å². The third-order valence-corrected chi connectivity index (χ3v) is 3.75. The van der Waals surface area contributed by atoms with E-state index in [0.29, 0.717) is 11.8 Å². The number of rotatable bonds is 4. The summed E-state index contributed by atoms with van der Waals surface area (Å²) in [6.45, 7) is 12.0. The molecule has 17 heavy (non-hydrogen) atoms. The first-order chi connectivity index (χ1) is 7.90. The summed E-state index contributed by atoms with van der Waals surface area (Å²) in [5.74, 6) is 1.59. The minimum atomic E-state index is -0.142. The van der Waals surface area contributed by atoms with Gasteiger partial charge in [0.15, 0.2) is 0 Å². The quantitative estimate of drug-likeness (QED) is 0.547. The molecule has 4 unspecified atom stereocenters. The van der Waals surface area contributed by atoms with Crippen LogP contribution in [0.4, 0.5) is 0 Å². The number of carbonyl (C=O) groups is 1. The number of ether oxygens (including phenoxy) is 1. The van der Waals surface area contributed by atoms with E-state index in [1.165, 1.54) is 25.3 Å². The highest BCUT2D eigenvalue weighted by molar-refractivity contribution is 5.66. The molecule has 0 amide bonds. The number of allylic oxidation sites excluding steroid dienone is 1. The van der Waals surface area contributed by atoms with Crippen LogP contribution in [0, 0.1) is 17.8 Å². The van der Waals surface area contributed by atoms with E-state index in [1.807, 2.05) is 0 Å². The zero-order valence-electron chi connectivity index (χ0n) is 11.7. The standard InChI is InChI=1S/C15H26O2/c1-10(2)6-7-14-9-11(3)8-12(4)15(14)17-13(5)16/h11-12,14-15H,1,6-9H2,2-5H3. The van der Waals surface area contributed by atoms with Gasteiger partial charge in [-0.1, -0.05) is 19.4 Å². The van der Waals surface area contributed by atoms with Gasteiger partial charge >= 0.3 is 5.97 Å². The summed E-state index contributed by atoms with van der Waals surface area (Å²) in [5.41, 5.74) is 1.22. The van der Waals surface area contributed by atoms with Crippen molar-refractivity contribution < 1.29 is 9.53 Å². The van der Waals surface area contributed by atoms with Gasteiger partial charge < -0.3 is 4.74 Å².